The summed E-state index contributed by atoms with van der Waals surface area (Å²) in [6, 6.07) is 0. The summed E-state index contributed by atoms with van der Waals surface area (Å²) in [6.45, 7) is 1.57. The van der Waals surface area contributed by atoms with Gasteiger partial charge in [-0.2, -0.15) is 13.2 Å². The van der Waals surface area contributed by atoms with Gasteiger partial charge in [-0.15, -0.1) is 23.1 Å². The first-order chi connectivity index (χ1) is 9.21. The molecule has 0 amide bonds. The van der Waals surface area contributed by atoms with Crippen molar-refractivity contribution in [3.63, 3.8) is 0 Å². The number of anilines is 2. The molecule has 1 aromatic heterocycles. The number of hydrogen-bond acceptors (Lipinski definition) is 5. The molecular weight excluding hydrogens is 309 g/mol. The quantitative estimate of drug-likeness (QED) is 0.633. The number of rotatable bonds is 6. The van der Waals surface area contributed by atoms with E-state index in [4.69, 9.17) is 5.73 Å². The van der Waals surface area contributed by atoms with Crippen LogP contribution in [0.3, 0.4) is 0 Å². The highest BCUT2D eigenvalue weighted by Crippen LogP contribution is 2.44. The Balaban J connectivity index is 3.02. The number of halogens is 3. The van der Waals surface area contributed by atoms with Crippen LogP contribution in [0.15, 0.2) is 4.90 Å². The lowest BCUT2D eigenvalue weighted by molar-refractivity contribution is -0.132. The topological polar surface area (TPSA) is 46.3 Å². The van der Waals surface area contributed by atoms with E-state index >= 15 is 0 Å². The minimum absolute atomic E-state index is 0.0849. The number of alkyl halides is 3. The van der Waals surface area contributed by atoms with Gasteiger partial charge in [-0.25, -0.2) is 0 Å². The third-order valence-corrected chi connectivity index (χ3v) is 5.05. The Kier molecular flexibility index (Phi) is 5.76. The summed E-state index contributed by atoms with van der Waals surface area (Å²) in [5, 5.41) is 0.621. The number of Topliss-reactive ketones (excluding diaryl/α,β-unsaturated/α-hetero) is 1. The van der Waals surface area contributed by atoms with Gasteiger partial charge in [0.25, 0.3) is 0 Å². The fraction of sp³-hybridized carbons (Fsp3) is 0.583. The zero-order valence-corrected chi connectivity index (χ0v) is 13.1. The standard InChI is InChI=1S/C12H17F3N2OS2/c1-4-7(18)9-8(16)10(19-3)11(20-9)17(2)6-5-12(13,14)15/h4-6,16H2,1-3H3. The molecule has 114 valence electrons. The van der Waals surface area contributed by atoms with E-state index in [-0.39, 0.29) is 12.3 Å². The van der Waals surface area contributed by atoms with Crippen LogP contribution in [0.25, 0.3) is 0 Å². The first kappa shape index (κ1) is 17.2. The van der Waals surface area contributed by atoms with Crippen molar-refractivity contribution < 1.29 is 18.0 Å². The van der Waals surface area contributed by atoms with Crippen molar-refractivity contribution in [1.29, 1.82) is 0 Å². The van der Waals surface area contributed by atoms with Gasteiger partial charge < -0.3 is 10.6 Å². The van der Waals surface area contributed by atoms with Gasteiger partial charge in [-0.3, -0.25) is 4.79 Å². The molecule has 3 nitrogen and oxygen atoms in total. The molecule has 0 radical (unpaired) electrons. The summed E-state index contributed by atoms with van der Waals surface area (Å²) in [6.07, 6.45) is -2.98. The molecule has 0 spiro atoms. The monoisotopic (exact) mass is 326 g/mol. The Bertz CT molecular complexity index is 486. The molecule has 1 rings (SSSR count). The number of nitrogens with zero attached hydrogens (tertiary/aromatic N) is 1. The number of nitrogen functional groups attached to an aromatic ring is 1. The predicted molar refractivity (Wildman–Crippen MR) is 79.1 cm³/mol. The SMILES string of the molecule is CCC(=O)c1sc(N(C)CCC(F)(F)F)c(SC)c1N. The van der Waals surface area contributed by atoms with Gasteiger partial charge >= 0.3 is 6.18 Å². The second-order valence-corrected chi connectivity index (χ2v) is 6.06. The average Bonchev–Trinajstić information content (AvgIpc) is 2.71. The van der Waals surface area contributed by atoms with E-state index in [0.717, 1.165) is 0 Å². The molecule has 0 saturated heterocycles. The first-order valence-electron chi connectivity index (χ1n) is 5.98. The minimum atomic E-state index is -4.20. The van der Waals surface area contributed by atoms with Crippen molar-refractivity contribution in [3.05, 3.63) is 4.88 Å². The van der Waals surface area contributed by atoms with Gasteiger partial charge in [0.1, 0.15) is 5.00 Å². The van der Waals surface area contributed by atoms with Crippen molar-refractivity contribution in [3.8, 4) is 0 Å². The maximum Gasteiger partial charge on any atom is 0.390 e. The summed E-state index contributed by atoms with van der Waals surface area (Å²) >= 11 is 2.51. The number of hydrogen-bond donors (Lipinski definition) is 1. The van der Waals surface area contributed by atoms with Crippen LogP contribution in [0.5, 0.6) is 0 Å². The first-order valence-corrected chi connectivity index (χ1v) is 8.02. The fourth-order valence-corrected chi connectivity index (χ4v) is 3.83. The lowest BCUT2D eigenvalue weighted by Crippen LogP contribution is -2.23. The largest absolute Gasteiger partial charge is 0.396 e. The zero-order valence-electron chi connectivity index (χ0n) is 11.5. The lowest BCUT2D eigenvalue weighted by atomic mass is 10.2. The van der Waals surface area contributed by atoms with E-state index in [1.807, 2.05) is 0 Å². The number of carbonyl (C=O) groups is 1. The maximum absolute atomic E-state index is 12.3. The molecule has 0 atom stereocenters. The average molecular weight is 326 g/mol. The Morgan fingerprint density at radius 2 is 2.05 bits per heavy atom. The number of nitrogens with two attached hydrogens (primary N) is 1. The van der Waals surface area contributed by atoms with E-state index in [1.54, 1.807) is 20.2 Å². The van der Waals surface area contributed by atoms with Gasteiger partial charge in [-0.1, -0.05) is 6.92 Å². The molecule has 20 heavy (non-hydrogen) atoms. The second-order valence-electron chi connectivity index (χ2n) is 4.25. The number of ketones is 1. The van der Waals surface area contributed by atoms with Crippen LogP contribution in [-0.4, -0.2) is 31.8 Å². The Labute approximate surface area is 124 Å². The molecule has 2 N–H and O–H groups in total. The van der Waals surface area contributed by atoms with Crippen LogP contribution < -0.4 is 10.6 Å². The normalized spacial score (nSPS) is 11.7. The minimum Gasteiger partial charge on any atom is -0.396 e. The van der Waals surface area contributed by atoms with Crippen LogP contribution in [-0.2, 0) is 0 Å². The van der Waals surface area contributed by atoms with Crippen LogP contribution in [0, 0.1) is 0 Å². The molecule has 0 fully saturated rings. The third-order valence-electron chi connectivity index (χ3n) is 2.74. The molecule has 1 aromatic rings. The summed E-state index contributed by atoms with van der Waals surface area (Å²) in [5.41, 5.74) is 6.31. The van der Waals surface area contributed by atoms with Gasteiger partial charge in [0.15, 0.2) is 5.78 Å². The molecule has 1 heterocycles. The van der Waals surface area contributed by atoms with Crippen molar-refractivity contribution in [2.45, 2.75) is 30.8 Å². The van der Waals surface area contributed by atoms with Crippen molar-refractivity contribution >= 4 is 39.6 Å². The van der Waals surface area contributed by atoms with Crippen LogP contribution in [0.4, 0.5) is 23.9 Å². The smallest absolute Gasteiger partial charge is 0.390 e. The number of thioether (sulfide) groups is 1. The molecule has 0 aromatic carbocycles. The molecule has 0 aliphatic rings. The maximum atomic E-state index is 12.3. The second kappa shape index (κ2) is 6.71. The Morgan fingerprint density at radius 3 is 2.50 bits per heavy atom. The molecular formula is C12H17F3N2OS2. The summed E-state index contributed by atoms with van der Waals surface area (Å²) in [7, 11) is 1.58. The highest BCUT2D eigenvalue weighted by Gasteiger charge is 2.29. The van der Waals surface area contributed by atoms with Crippen LogP contribution >= 0.6 is 23.1 Å². The van der Waals surface area contributed by atoms with Crippen LogP contribution in [0.2, 0.25) is 0 Å². The van der Waals surface area contributed by atoms with Crippen molar-refractivity contribution in [1.82, 2.24) is 0 Å². The molecule has 8 heteroatoms. The molecule has 0 aliphatic carbocycles. The molecule has 0 saturated carbocycles. The van der Waals surface area contributed by atoms with Crippen LogP contribution in [0.1, 0.15) is 29.4 Å². The van der Waals surface area contributed by atoms with Gasteiger partial charge in [0.2, 0.25) is 0 Å². The Hall–Kier alpha value is -0.890. The van der Waals surface area contributed by atoms with Gasteiger partial charge in [-0.05, 0) is 6.26 Å². The Morgan fingerprint density at radius 1 is 1.45 bits per heavy atom. The number of thiophene rings is 1. The lowest BCUT2D eigenvalue weighted by Gasteiger charge is -2.19. The van der Waals surface area contributed by atoms with Crippen molar-refractivity contribution in [2.75, 3.05) is 30.5 Å². The van der Waals surface area contributed by atoms with E-state index in [1.165, 1.54) is 28.0 Å². The molecule has 0 bridgehead atoms. The van der Waals surface area contributed by atoms with Gasteiger partial charge in [0.05, 0.1) is 21.9 Å². The predicted octanol–water partition coefficient (Wildman–Crippen LogP) is 4.03. The summed E-state index contributed by atoms with van der Waals surface area (Å²) in [5.74, 6) is -0.0849. The third kappa shape index (κ3) is 4.05. The van der Waals surface area contributed by atoms with Gasteiger partial charge in [0, 0.05) is 20.0 Å². The fourth-order valence-electron chi connectivity index (χ4n) is 1.63. The molecule has 0 aliphatic heterocycles. The van der Waals surface area contributed by atoms with E-state index in [2.05, 4.69) is 0 Å². The zero-order chi connectivity index (χ0) is 15.5. The highest BCUT2D eigenvalue weighted by molar-refractivity contribution is 7.99. The summed E-state index contributed by atoms with van der Waals surface area (Å²) in [4.78, 5) is 14.4. The van der Waals surface area contributed by atoms with E-state index < -0.39 is 12.6 Å². The highest BCUT2D eigenvalue weighted by atomic mass is 32.2. The van der Waals surface area contributed by atoms with E-state index in [9.17, 15) is 18.0 Å². The van der Waals surface area contributed by atoms with E-state index in [0.29, 0.717) is 26.9 Å². The molecule has 0 unspecified atom stereocenters. The van der Waals surface area contributed by atoms with Crippen molar-refractivity contribution in [2.24, 2.45) is 0 Å². The summed E-state index contributed by atoms with van der Waals surface area (Å²) < 4.78 is 36.8. The number of carbonyl (C=O) groups excluding carboxylic acids is 1.